The number of unbranched alkanes of at least 4 members (excludes halogenated alkanes) is 2. The molecule has 82 valence electrons. The molecule has 0 radical (unpaired) electrons. The highest BCUT2D eigenvalue weighted by atomic mass is 32.1. The van der Waals surface area contributed by atoms with Crippen molar-refractivity contribution in [2.75, 3.05) is 0 Å². The highest BCUT2D eigenvalue weighted by Crippen LogP contribution is 2.08. The van der Waals surface area contributed by atoms with E-state index in [0.717, 1.165) is 19.3 Å². The summed E-state index contributed by atoms with van der Waals surface area (Å²) in [7, 11) is 0. The van der Waals surface area contributed by atoms with Crippen molar-refractivity contribution in [1.29, 1.82) is 0 Å². The van der Waals surface area contributed by atoms with Gasteiger partial charge in [0, 0.05) is 0 Å². The van der Waals surface area contributed by atoms with E-state index in [1.165, 1.54) is 29.7 Å². The normalized spacial score (nSPS) is 10.2. The minimum absolute atomic E-state index is 1.07. The molecule has 0 bridgehead atoms. The van der Waals surface area contributed by atoms with Crippen molar-refractivity contribution >= 4 is 17.1 Å². The van der Waals surface area contributed by atoms with E-state index in [-0.39, 0.29) is 0 Å². The number of rotatable bonds is 7. The van der Waals surface area contributed by atoms with Gasteiger partial charge in [0.05, 0.1) is 0 Å². The number of thiocarbonyl (C=S) groups is 1. The summed E-state index contributed by atoms with van der Waals surface area (Å²) >= 11 is 5.37. The van der Waals surface area contributed by atoms with E-state index in [1.54, 1.807) is 0 Å². The first-order valence-corrected chi connectivity index (χ1v) is 6.29. The van der Waals surface area contributed by atoms with Crippen LogP contribution >= 0.6 is 12.2 Å². The summed E-state index contributed by atoms with van der Waals surface area (Å²) in [6, 6.07) is 10.6. The molecule has 0 atom stereocenters. The maximum atomic E-state index is 5.37. The molecule has 1 rings (SSSR count). The summed E-state index contributed by atoms with van der Waals surface area (Å²) < 4.78 is 0. The van der Waals surface area contributed by atoms with Crippen LogP contribution in [-0.4, -0.2) is 4.86 Å². The van der Waals surface area contributed by atoms with Crippen LogP contribution in [0.5, 0.6) is 0 Å². The van der Waals surface area contributed by atoms with Crippen LogP contribution in [-0.2, 0) is 6.42 Å². The standard InChI is InChI=1S/C14H20S/c1-2-3-5-10-14(15)12-11-13-8-6-4-7-9-13/h4,6-9H,2-3,5,10-12H2,1H3. The van der Waals surface area contributed by atoms with Gasteiger partial charge in [0.25, 0.3) is 0 Å². The van der Waals surface area contributed by atoms with Gasteiger partial charge < -0.3 is 0 Å². The fourth-order valence-corrected chi connectivity index (χ4v) is 1.87. The summed E-state index contributed by atoms with van der Waals surface area (Å²) in [6.07, 6.45) is 7.17. The Morgan fingerprint density at radius 2 is 1.80 bits per heavy atom. The second-order valence-corrected chi connectivity index (χ2v) is 4.56. The van der Waals surface area contributed by atoms with Gasteiger partial charge in [0.15, 0.2) is 0 Å². The summed E-state index contributed by atoms with van der Waals surface area (Å²) in [5.41, 5.74) is 1.40. The Balaban J connectivity index is 2.17. The molecule has 0 saturated carbocycles. The van der Waals surface area contributed by atoms with Gasteiger partial charge in [0.2, 0.25) is 0 Å². The van der Waals surface area contributed by atoms with E-state index in [2.05, 4.69) is 37.3 Å². The molecular formula is C14H20S. The second kappa shape index (κ2) is 7.58. The summed E-state index contributed by atoms with van der Waals surface area (Å²) in [6.45, 7) is 2.23. The molecule has 0 heterocycles. The minimum atomic E-state index is 1.07. The molecule has 1 aromatic rings. The van der Waals surface area contributed by atoms with E-state index in [9.17, 15) is 0 Å². The first-order valence-electron chi connectivity index (χ1n) is 5.88. The lowest BCUT2D eigenvalue weighted by Crippen LogP contribution is -1.97. The molecule has 0 nitrogen and oxygen atoms in total. The van der Waals surface area contributed by atoms with Crippen molar-refractivity contribution in [1.82, 2.24) is 0 Å². The van der Waals surface area contributed by atoms with E-state index in [1.807, 2.05) is 0 Å². The van der Waals surface area contributed by atoms with Crippen LogP contribution in [0.4, 0.5) is 0 Å². The molecule has 0 aromatic heterocycles. The highest BCUT2D eigenvalue weighted by Gasteiger charge is 1.98. The molecule has 0 aliphatic rings. The quantitative estimate of drug-likeness (QED) is 0.479. The Morgan fingerprint density at radius 3 is 2.47 bits per heavy atom. The van der Waals surface area contributed by atoms with Crippen LogP contribution in [0, 0.1) is 0 Å². The lowest BCUT2D eigenvalue weighted by atomic mass is 10.0. The van der Waals surface area contributed by atoms with Gasteiger partial charge in [-0.2, -0.15) is 0 Å². The van der Waals surface area contributed by atoms with Gasteiger partial charge in [-0.1, -0.05) is 62.3 Å². The van der Waals surface area contributed by atoms with Crippen molar-refractivity contribution in [3.63, 3.8) is 0 Å². The van der Waals surface area contributed by atoms with Crippen molar-refractivity contribution in [2.45, 2.75) is 45.4 Å². The lowest BCUT2D eigenvalue weighted by Gasteiger charge is -2.03. The molecule has 15 heavy (non-hydrogen) atoms. The third kappa shape index (κ3) is 5.68. The van der Waals surface area contributed by atoms with Gasteiger partial charge in [-0.15, -0.1) is 0 Å². The lowest BCUT2D eigenvalue weighted by molar-refractivity contribution is 0.739. The summed E-state index contributed by atoms with van der Waals surface area (Å²) in [5, 5.41) is 0. The molecule has 0 unspecified atom stereocenters. The molecule has 0 spiro atoms. The van der Waals surface area contributed by atoms with Gasteiger partial charge in [-0.25, -0.2) is 0 Å². The van der Waals surface area contributed by atoms with Crippen LogP contribution in [0.2, 0.25) is 0 Å². The fraction of sp³-hybridized carbons (Fsp3) is 0.500. The smallest absolute Gasteiger partial charge is 0.00682 e. The van der Waals surface area contributed by atoms with Crippen LogP contribution in [0.3, 0.4) is 0 Å². The molecule has 1 heteroatoms. The van der Waals surface area contributed by atoms with Gasteiger partial charge in [-0.05, 0) is 36.1 Å². The van der Waals surface area contributed by atoms with Gasteiger partial charge in [-0.3, -0.25) is 0 Å². The van der Waals surface area contributed by atoms with E-state index in [0.29, 0.717) is 0 Å². The number of benzene rings is 1. The largest absolute Gasteiger partial charge is 0.0897 e. The fourth-order valence-electron chi connectivity index (χ4n) is 1.63. The maximum Gasteiger partial charge on any atom is -0.00682 e. The molecule has 0 aliphatic carbocycles. The van der Waals surface area contributed by atoms with Crippen molar-refractivity contribution in [3.05, 3.63) is 35.9 Å². The SMILES string of the molecule is CCCCCC(=S)CCc1ccccc1. The Labute approximate surface area is 98.7 Å². The predicted octanol–water partition coefficient (Wildman–Crippen LogP) is 4.57. The molecule has 0 N–H and O–H groups in total. The zero-order valence-corrected chi connectivity index (χ0v) is 10.4. The average molecular weight is 220 g/mol. The average Bonchev–Trinajstić information content (AvgIpc) is 2.28. The molecular weight excluding hydrogens is 200 g/mol. The molecule has 0 amide bonds. The third-order valence-corrected chi connectivity index (χ3v) is 3.00. The van der Waals surface area contributed by atoms with Crippen LogP contribution in [0.1, 0.15) is 44.6 Å². The van der Waals surface area contributed by atoms with Crippen LogP contribution < -0.4 is 0 Å². The number of aryl methyl sites for hydroxylation is 1. The number of hydrogen-bond donors (Lipinski definition) is 0. The van der Waals surface area contributed by atoms with Gasteiger partial charge in [0.1, 0.15) is 0 Å². The van der Waals surface area contributed by atoms with E-state index in [4.69, 9.17) is 12.2 Å². The van der Waals surface area contributed by atoms with Crippen molar-refractivity contribution < 1.29 is 0 Å². The van der Waals surface area contributed by atoms with E-state index < -0.39 is 0 Å². The first-order chi connectivity index (χ1) is 7.33. The maximum absolute atomic E-state index is 5.37. The molecule has 0 aliphatic heterocycles. The Kier molecular flexibility index (Phi) is 6.26. The summed E-state index contributed by atoms with van der Waals surface area (Å²) in [4.78, 5) is 1.24. The zero-order chi connectivity index (χ0) is 10.9. The second-order valence-electron chi connectivity index (χ2n) is 3.98. The zero-order valence-electron chi connectivity index (χ0n) is 9.54. The first kappa shape index (κ1) is 12.4. The number of hydrogen-bond acceptors (Lipinski definition) is 1. The monoisotopic (exact) mass is 220 g/mol. The van der Waals surface area contributed by atoms with Crippen molar-refractivity contribution in [2.24, 2.45) is 0 Å². The topological polar surface area (TPSA) is 0 Å². The molecule has 1 aromatic carbocycles. The van der Waals surface area contributed by atoms with Gasteiger partial charge >= 0.3 is 0 Å². The Morgan fingerprint density at radius 1 is 1.07 bits per heavy atom. The van der Waals surface area contributed by atoms with E-state index >= 15 is 0 Å². The van der Waals surface area contributed by atoms with Crippen LogP contribution in [0.25, 0.3) is 0 Å². The molecule has 0 saturated heterocycles. The Bertz CT molecular complexity index is 277. The molecule has 0 fully saturated rings. The van der Waals surface area contributed by atoms with Crippen molar-refractivity contribution in [3.8, 4) is 0 Å². The predicted molar refractivity (Wildman–Crippen MR) is 71.5 cm³/mol. The third-order valence-electron chi connectivity index (χ3n) is 2.59. The minimum Gasteiger partial charge on any atom is -0.0897 e. The Hall–Kier alpha value is -0.690. The van der Waals surface area contributed by atoms with Crippen LogP contribution in [0.15, 0.2) is 30.3 Å². The highest BCUT2D eigenvalue weighted by molar-refractivity contribution is 7.80. The summed E-state index contributed by atoms with van der Waals surface area (Å²) in [5.74, 6) is 0.